The van der Waals surface area contributed by atoms with Crippen molar-refractivity contribution in [3.05, 3.63) is 22.5 Å². The topological polar surface area (TPSA) is 72.7 Å². The van der Waals surface area contributed by atoms with Gasteiger partial charge in [0.1, 0.15) is 5.69 Å². The maximum Gasteiger partial charge on any atom is 0.266 e. The van der Waals surface area contributed by atoms with E-state index in [9.17, 15) is 4.79 Å². The van der Waals surface area contributed by atoms with E-state index in [1.165, 1.54) is 16.0 Å². The molecule has 2 rings (SSSR count). The van der Waals surface area contributed by atoms with Gasteiger partial charge in [-0.05, 0) is 18.4 Å². The zero-order valence-electron chi connectivity index (χ0n) is 12.7. The van der Waals surface area contributed by atoms with Crippen LogP contribution in [0, 0.1) is 5.92 Å². The molecule has 0 aromatic carbocycles. The van der Waals surface area contributed by atoms with Crippen LogP contribution in [0.25, 0.3) is 10.7 Å². The summed E-state index contributed by atoms with van der Waals surface area (Å²) in [7, 11) is 0. The number of rotatable bonds is 7. The van der Waals surface area contributed by atoms with Gasteiger partial charge in [-0.2, -0.15) is 5.10 Å². The number of aromatic nitrogens is 4. The average Bonchev–Trinajstić information content (AvgIpc) is 2.93. The number of unbranched alkanes of at least 4 members (excludes halogenated alkanes) is 1. The van der Waals surface area contributed by atoms with Crippen LogP contribution in [0.2, 0.25) is 0 Å². The number of hydrogen-bond donors (Lipinski definition) is 1. The molecule has 0 unspecified atom stereocenters. The van der Waals surface area contributed by atoms with Crippen molar-refractivity contribution in [1.82, 2.24) is 20.0 Å². The van der Waals surface area contributed by atoms with Gasteiger partial charge in [0.25, 0.3) is 5.56 Å². The molecule has 0 aliphatic rings. The van der Waals surface area contributed by atoms with E-state index in [-0.39, 0.29) is 5.56 Å². The Morgan fingerprint density at radius 2 is 2.14 bits per heavy atom. The summed E-state index contributed by atoms with van der Waals surface area (Å²) < 4.78 is 1.50. The molecule has 0 aliphatic carbocycles. The smallest absolute Gasteiger partial charge is 0.266 e. The first-order valence-electron chi connectivity index (χ1n) is 7.26. The molecule has 0 amide bonds. The fourth-order valence-electron chi connectivity index (χ4n) is 1.72. The summed E-state index contributed by atoms with van der Waals surface area (Å²) in [5.74, 6) is 0.548. The van der Waals surface area contributed by atoms with Crippen LogP contribution < -0.4 is 10.9 Å². The SMILES string of the molecule is CCCCn1nc(-c2nnc(NCC(C)C)s2)ccc1=O. The summed E-state index contributed by atoms with van der Waals surface area (Å²) in [6.45, 7) is 7.87. The van der Waals surface area contributed by atoms with Gasteiger partial charge in [-0.15, -0.1) is 10.2 Å². The molecule has 6 nitrogen and oxygen atoms in total. The van der Waals surface area contributed by atoms with Crippen LogP contribution in [0.15, 0.2) is 16.9 Å². The maximum atomic E-state index is 11.7. The van der Waals surface area contributed by atoms with Crippen molar-refractivity contribution in [2.75, 3.05) is 11.9 Å². The molecule has 0 spiro atoms. The molecule has 0 fully saturated rings. The third-order valence-electron chi connectivity index (χ3n) is 2.90. The van der Waals surface area contributed by atoms with Crippen LogP contribution >= 0.6 is 11.3 Å². The molecule has 0 saturated heterocycles. The van der Waals surface area contributed by atoms with Crippen LogP contribution in [-0.4, -0.2) is 26.5 Å². The number of aryl methyl sites for hydroxylation is 1. The van der Waals surface area contributed by atoms with Gasteiger partial charge < -0.3 is 5.32 Å². The van der Waals surface area contributed by atoms with Crippen LogP contribution in [0.5, 0.6) is 0 Å². The molecule has 0 aliphatic heterocycles. The van der Waals surface area contributed by atoms with Crippen molar-refractivity contribution in [1.29, 1.82) is 0 Å². The normalized spacial score (nSPS) is 11.0. The monoisotopic (exact) mass is 307 g/mol. The van der Waals surface area contributed by atoms with E-state index in [0.717, 1.165) is 29.5 Å². The Bertz CT molecular complexity index is 634. The Kier molecular flexibility index (Phi) is 5.44. The zero-order chi connectivity index (χ0) is 15.2. The van der Waals surface area contributed by atoms with E-state index in [4.69, 9.17) is 0 Å². The highest BCUT2D eigenvalue weighted by Gasteiger charge is 2.10. The molecule has 0 radical (unpaired) electrons. The molecule has 0 saturated carbocycles. The van der Waals surface area contributed by atoms with Gasteiger partial charge in [0.2, 0.25) is 5.13 Å². The lowest BCUT2D eigenvalue weighted by molar-refractivity contribution is 0.545. The second kappa shape index (κ2) is 7.31. The fourth-order valence-corrected chi connectivity index (χ4v) is 2.44. The lowest BCUT2D eigenvalue weighted by atomic mass is 10.2. The average molecular weight is 307 g/mol. The minimum absolute atomic E-state index is 0.0742. The molecular formula is C14H21N5OS. The van der Waals surface area contributed by atoms with Crippen molar-refractivity contribution in [2.24, 2.45) is 5.92 Å². The predicted octanol–water partition coefficient (Wildman–Crippen LogP) is 2.63. The Hall–Kier alpha value is -1.76. The highest BCUT2D eigenvalue weighted by molar-refractivity contribution is 7.18. The van der Waals surface area contributed by atoms with Crippen molar-refractivity contribution in [2.45, 2.75) is 40.2 Å². The molecule has 21 heavy (non-hydrogen) atoms. The molecule has 114 valence electrons. The Morgan fingerprint density at radius 3 is 2.86 bits per heavy atom. The molecule has 0 bridgehead atoms. The Labute approximate surface area is 128 Å². The van der Waals surface area contributed by atoms with E-state index < -0.39 is 0 Å². The lowest BCUT2D eigenvalue weighted by Crippen LogP contribution is -2.22. The van der Waals surface area contributed by atoms with Crippen LogP contribution in [-0.2, 0) is 6.54 Å². The third kappa shape index (κ3) is 4.35. The van der Waals surface area contributed by atoms with E-state index in [0.29, 0.717) is 18.2 Å². The lowest BCUT2D eigenvalue weighted by Gasteiger charge is -2.04. The second-order valence-electron chi connectivity index (χ2n) is 5.32. The summed E-state index contributed by atoms with van der Waals surface area (Å²) in [5, 5.41) is 17.4. The first-order chi connectivity index (χ1) is 10.1. The van der Waals surface area contributed by atoms with E-state index >= 15 is 0 Å². The summed E-state index contributed by atoms with van der Waals surface area (Å²) in [5.41, 5.74) is 0.621. The third-order valence-corrected chi connectivity index (χ3v) is 3.80. The summed E-state index contributed by atoms with van der Waals surface area (Å²) in [4.78, 5) is 11.7. The van der Waals surface area contributed by atoms with Crippen molar-refractivity contribution >= 4 is 16.5 Å². The Morgan fingerprint density at radius 1 is 1.33 bits per heavy atom. The number of hydrogen-bond acceptors (Lipinski definition) is 6. The van der Waals surface area contributed by atoms with Crippen molar-refractivity contribution in [3.63, 3.8) is 0 Å². The van der Waals surface area contributed by atoms with Gasteiger partial charge in [0.05, 0.1) is 0 Å². The number of nitrogens with one attached hydrogen (secondary N) is 1. The van der Waals surface area contributed by atoms with E-state index in [2.05, 4.69) is 41.4 Å². The van der Waals surface area contributed by atoms with Crippen LogP contribution in [0.1, 0.15) is 33.6 Å². The van der Waals surface area contributed by atoms with Crippen LogP contribution in [0.4, 0.5) is 5.13 Å². The standard InChI is InChI=1S/C14H21N5OS/c1-4-5-8-19-12(20)7-6-11(18-19)13-16-17-14(21-13)15-9-10(2)3/h6-7,10H,4-5,8-9H2,1-3H3,(H,15,17). The first kappa shape index (κ1) is 15.6. The van der Waals surface area contributed by atoms with Crippen molar-refractivity contribution in [3.8, 4) is 10.7 Å². The minimum atomic E-state index is -0.0742. The fraction of sp³-hybridized carbons (Fsp3) is 0.571. The predicted molar refractivity (Wildman–Crippen MR) is 85.6 cm³/mol. The summed E-state index contributed by atoms with van der Waals surface area (Å²) in [6, 6.07) is 3.25. The van der Waals surface area contributed by atoms with Gasteiger partial charge in [-0.3, -0.25) is 4.79 Å². The van der Waals surface area contributed by atoms with E-state index in [1.54, 1.807) is 12.1 Å². The van der Waals surface area contributed by atoms with E-state index in [1.807, 2.05) is 0 Å². The van der Waals surface area contributed by atoms with Crippen LogP contribution in [0.3, 0.4) is 0 Å². The molecular weight excluding hydrogens is 286 g/mol. The van der Waals surface area contributed by atoms with Gasteiger partial charge in [0.15, 0.2) is 5.01 Å². The highest BCUT2D eigenvalue weighted by Crippen LogP contribution is 2.24. The number of nitrogens with zero attached hydrogens (tertiary/aromatic N) is 4. The quantitative estimate of drug-likeness (QED) is 0.851. The Balaban J connectivity index is 2.16. The molecule has 1 N–H and O–H groups in total. The second-order valence-corrected chi connectivity index (χ2v) is 6.30. The minimum Gasteiger partial charge on any atom is -0.360 e. The maximum absolute atomic E-state index is 11.7. The zero-order valence-corrected chi connectivity index (χ0v) is 13.5. The largest absolute Gasteiger partial charge is 0.360 e. The van der Waals surface area contributed by atoms with Gasteiger partial charge >= 0.3 is 0 Å². The molecule has 2 aromatic rings. The van der Waals surface area contributed by atoms with Gasteiger partial charge in [-0.1, -0.05) is 38.5 Å². The summed E-state index contributed by atoms with van der Waals surface area (Å²) >= 11 is 1.46. The van der Waals surface area contributed by atoms with Gasteiger partial charge in [0, 0.05) is 19.2 Å². The van der Waals surface area contributed by atoms with Crippen molar-refractivity contribution < 1.29 is 0 Å². The van der Waals surface area contributed by atoms with Gasteiger partial charge in [-0.25, -0.2) is 4.68 Å². The molecule has 0 atom stereocenters. The number of anilines is 1. The highest BCUT2D eigenvalue weighted by atomic mass is 32.1. The molecule has 2 aromatic heterocycles. The first-order valence-corrected chi connectivity index (χ1v) is 8.07. The molecule has 2 heterocycles. The molecule has 7 heteroatoms. The summed E-state index contributed by atoms with van der Waals surface area (Å²) in [6.07, 6.45) is 1.97.